The number of piperazine rings is 1. The Morgan fingerprint density at radius 2 is 2.39 bits per heavy atom. The van der Waals surface area contributed by atoms with Gasteiger partial charge >= 0.3 is 0 Å². The summed E-state index contributed by atoms with van der Waals surface area (Å²) in [5.41, 5.74) is 0.867. The van der Waals surface area contributed by atoms with E-state index < -0.39 is 6.04 Å². The monoisotopic (exact) mass is 307 g/mol. The Hall–Kier alpha value is -1.38. The van der Waals surface area contributed by atoms with Crippen LogP contribution >= 0.6 is 15.9 Å². The number of carbonyl (C=O) groups is 1. The fraction of sp³-hybridized carbons (Fsp3) is 0.385. The number of nitrogens with one attached hydrogen (secondary N) is 1. The van der Waals surface area contributed by atoms with Gasteiger partial charge in [0.15, 0.2) is 0 Å². The second-order valence-corrected chi connectivity index (χ2v) is 5.28. The van der Waals surface area contributed by atoms with Crippen LogP contribution < -0.4 is 10.2 Å². The van der Waals surface area contributed by atoms with E-state index in [1.54, 1.807) is 4.90 Å². The molecule has 1 aromatic rings. The van der Waals surface area contributed by atoms with Gasteiger partial charge in [-0.1, -0.05) is 22.0 Å². The summed E-state index contributed by atoms with van der Waals surface area (Å²) >= 11 is 3.41. The molecule has 1 N–H and O–H groups in total. The molecule has 0 saturated carbocycles. The highest BCUT2D eigenvalue weighted by molar-refractivity contribution is 9.10. The van der Waals surface area contributed by atoms with Crippen molar-refractivity contribution < 1.29 is 4.79 Å². The molecule has 5 heteroatoms. The molecule has 1 aliphatic heterocycles. The number of hydrogen-bond donors (Lipinski definition) is 1. The molecule has 0 aromatic heterocycles. The molecular formula is C13H14BrN3O. The van der Waals surface area contributed by atoms with Crippen molar-refractivity contribution in [3.63, 3.8) is 0 Å². The van der Waals surface area contributed by atoms with Gasteiger partial charge in [0.1, 0.15) is 6.04 Å². The first kappa shape index (κ1) is 13.1. The number of nitrogens with zero attached hydrogens (tertiary/aromatic N) is 2. The third kappa shape index (κ3) is 2.55. The van der Waals surface area contributed by atoms with Crippen LogP contribution in [0.15, 0.2) is 28.7 Å². The van der Waals surface area contributed by atoms with Crippen LogP contribution in [0.4, 0.5) is 5.69 Å². The zero-order valence-corrected chi connectivity index (χ0v) is 11.6. The predicted molar refractivity (Wildman–Crippen MR) is 73.1 cm³/mol. The maximum absolute atomic E-state index is 12.3. The topological polar surface area (TPSA) is 56.1 Å². The van der Waals surface area contributed by atoms with E-state index in [-0.39, 0.29) is 18.4 Å². The number of rotatable bonds is 2. The van der Waals surface area contributed by atoms with Gasteiger partial charge in [-0.2, -0.15) is 5.26 Å². The third-order valence-corrected chi connectivity index (χ3v) is 3.51. The van der Waals surface area contributed by atoms with Gasteiger partial charge in [-0.15, -0.1) is 0 Å². The second-order valence-electron chi connectivity index (χ2n) is 4.36. The summed E-state index contributed by atoms with van der Waals surface area (Å²) in [4.78, 5) is 14.1. The van der Waals surface area contributed by atoms with Crippen molar-refractivity contribution in [2.24, 2.45) is 0 Å². The zero-order chi connectivity index (χ0) is 13.1. The molecule has 2 rings (SSSR count). The molecule has 1 amide bonds. The summed E-state index contributed by atoms with van der Waals surface area (Å²) in [5, 5.41) is 11.8. The highest BCUT2D eigenvalue weighted by atomic mass is 79.9. The highest BCUT2D eigenvalue weighted by Crippen LogP contribution is 2.24. The van der Waals surface area contributed by atoms with Gasteiger partial charge in [-0.3, -0.25) is 4.79 Å². The van der Waals surface area contributed by atoms with Crippen molar-refractivity contribution in [2.45, 2.75) is 25.4 Å². The largest absolute Gasteiger partial charge is 0.307 e. The molecule has 0 aliphatic carbocycles. The first-order chi connectivity index (χ1) is 8.63. The van der Waals surface area contributed by atoms with E-state index in [0.717, 1.165) is 10.2 Å². The van der Waals surface area contributed by atoms with Gasteiger partial charge in [-0.25, -0.2) is 0 Å². The molecule has 1 aromatic carbocycles. The van der Waals surface area contributed by atoms with E-state index in [0.29, 0.717) is 6.54 Å². The minimum Gasteiger partial charge on any atom is -0.307 e. The molecule has 0 spiro atoms. The van der Waals surface area contributed by atoms with E-state index in [9.17, 15) is 4.79 Å². The Bertz CT molecular complexity index is 497. The third-order valence-electron chi connectivity index (χ3n) is 3.02. The lowest BCUT2D eigenvalue weighted by molar-refractivity contribution is -0.122. The number of hydrogen-bond acceptors (Lipinski definition) is 3. The summed E-state index contributed by atoms with van der Waals surface area (Å²) in [6, 6.07) is 9.39. The van der Waals surface area contributed by atoms with Crippen molar-refractivity contribution in [2.75, 3.05) is 11.4 Å². The van der Waals surface area contributed by atoms with Gasteiger partial charge in [0.25, 0.3) is 0 Å². The Labute approximate surface area is 115 Å². The molecule has 94 valence electrons. The average Bonchev–Trinajstić information content (AvgIpc) is 2.33. The van der Waals surface area contributed by atoms with Crippen molar-refractivity contribution in [3.8, 4) is 6.07 Å². The summed E-state index contributed by atoms with van der Waals surface area (Å²) < 4.78 is 0.940. The lowest BCUT2D eigenvalue weighted by Crippen LogP contribution is -2.59. The first-order valence-corrected chi connectivity index (χ1v) is 6.61. The molecule has 4 nitrogen and oxygen atoms in total. The molecular weight excluding hydrogens is 294 g/mol. The van der Waals surface area contributed by atoms with E-state index in [2.05, 4.69) is 21.2 Å². The fourth-order valence-electron chi connectivity index (χ4n) is 2.13. The molecule has 2 atom stereocenters. The lowest BCUT2D eigenvalue weighted by atomic mass is 10.1. The molecule has 0 radical (unpaired) electrons. The first-order valence-electron chi connectivity index (χ1n) is 5.82. The minimum atomic E-state index is -0.398. The Morgan fingerprint density at radius 1 is 1.61 bits per heavy atom. The van der Waals surface area contributed by atoms with Crippen LogP contribution in [0.25, 0.3) is 0 Å². The Balaban J connectivity index is 2.29. The molecule has 18 heavy (non-hydrogen) atoms. The van der Waals surface area contributed by atoms with Gasteiger partial charge < -0.3 is 10.2 Å². The van der Waals surface area contributed by atoms with Crippen molar-refractivity contribution in [1.29, 1.82) is 5.26 Å². The minimum absolute atomic E-state index is 0.0339. The van der Waals surface area contributed by atoms with Crippen LogP contribution in [0.3, 0.4) is 0 Å². The van der Waals surface area contributed by atoms with E-state index in [4.69, 9.17) is 5.26 Å². The number of anilines is 1. The standard InChI is InChI=1S/C13H14BrN3O/c1-9-8-16-12(5-6-15)13(18)17(9)11-4-2-3-10(14)7-11/h2-4,7,9,12,16H,5,8H2,1H3. The predicted octanol–water partition coefficient (Wildman–Crippen LogP) is 2.06. The number of benzene rings is 1. The zero-order valence-electron chi connectivity index (χ0n) is 10.1. The number of amides is 1. The van der Waals surface area contributed by atoms with Gasteiger partial charge in [0.05, 0.1) is 12.5 Å². The maximum Gasteiger partial charge on any atom is 0.245 e. The quantitative estimate of drug-likeness (QED) is 0.910. The highest BCUT2D eigenvalue weighted by Gasteiger charge is 2.33. The Kier molecular flexibility index (Phi) is 4.00. The van der Waals surface area contributed by atoms with Crippen molar-refractivity contribution in [1.82, 2.24) is 5.32 Å². The van der Waals surface area contributed by atoms with Gasteiger partial charge in [0, 0.05) is 22.7 Å². The van der Waals surface area contributed by atoms with Crippen molar-refractivity contribution in [3.05, 3.63) is 28.7 Å². The molecule has 1 fully saturated rings. The van der Waals surface area contributed by atoms with E-state index in [1.807, 2.05) is 37.3 Å². The average molecular weight is 308 g/mol. The number of nitriles is 1. The molecule has 1 aliphatic rings. The fourth-order valence-corrected chi connectivity index (χ4v) is 2.52. The van der Waals surface area contributed by atoms with Crippen LogP contribution in [0.1, 0.15) is 13.3 Å². The summed E-state index contributed by atoms with van der Waals surface area (Å²) in [5.74, 6) is -0.0339. The molecule has 1 saturated heterocycles. The second kappa shape index (κ2) is 5.51. The van der Waals surface area contributed by atoms with Crippen LogP contribution in [0.5, 0.6) is 0 Å². The maximum atomic E-state index is 12.3. The lowest BCUT2D eigenvalue weighted by Gasteiger charge is -2.37. The van der Waals surface area contributed by atoms with Crippen LogP contribution in [-0.2, 0) is 4.79 Å². The summed E-state index contributed by atoms with van der Waals surface area (Å²) in [6.07, 6.45) is 0.204. The van der Waals surface area contributed by atoms with Crippen LogP contribution in [0, 0.1) is 11.3 Å². The summed E-state index contributed by atoms with van der Waals surface area (Å²) in [7, 11) is 0. The number of carbonyl (C=O) groups excluding carboxylic acids is 1. The van der Waals surface area contributed by atoms with Crippen LogP contribution in [-0.4, -0.2) is 24.5 Å². The van der Waals surface area contributed by atoms with E-state index >= 15 is 0 Å². The summed E-state index contributed by atoms with van der Waals surface area (Å²) in [6.45, 7) is 2.69. The Morgan fingerprint density at radius 3 is 3.06 bits per heavy atom. The molecule has 1 heterocycles. The van der Waals surface area contributed by atoms with Crippen LogP contribution in [0.2, 0.25) is 0 Å². The smallest absolute Gasteiger partial charge is 0.245 e. The molecule has 2 unspecified atom stereocenters. The normalized spacial score (nSPS) is 23.8. The van der Waals surface area contributed by atoms with Gasteiger partial charge in [-0.05, 0) is 25.1 Å². The SMILES string of the molecule is CC1CNC(CC#N)C(=O)N1c1cccc(Br)c1. The molecule has 0 bridgehead atoms. The van der Waals surface area contributed by atoms with Crippen molar-refractivity contribution >= 4 is 27.5 Å². The number of halogens is 1. The van der Waals surface area contributed by atoms with E-state index in [1.165, 1.54) is 0 Å². The van der Waals surface area contributed by atoms with Gasteiger partial charge in [0.2, 0.25) is 5.91 Å².